The highest BCUT2D eigenvalue weighted by Crippen LogP contribution is 2.32. The predicted molar refractivity (Wildman–Crippen MR) is 65.8 cm³/mol. The topological polar surface area (TPSA) is 66.6 Å². The standard InChI is InChI=1S/C13H17FN2O2/c1-8-7-9(14)4-5-10(8)12-11(15)3-2-6-16(12)13(17)18/h4-5,7,11-12H,2-3,6,15H2,1H3,(H,17,18). The quantitative estimate of drug-likeness (QED) is 0.805. The summed E-state index contributed by atoms with van der Waals surface area (Å²) >= 11 is 0. The fourth-order valence-corrected chi connectivity index (χ4v) is 2.61. The molecule has 1 aromatic rings. The van der Waals surface area contributed by atoms with E-state index in [4.69, 9.17) is 5.73 Å². The Balaban J connectivity index is 2.40. The second-order valence-electron chi connectivity index (χ2n) is 4.73. The van der Waals surface area contributed by atoms with E-state index in [-0.39, 0.29) is 17.9 Å². The van der Waals surface area contributed by atoms with Crippen molar-refractivity contribution >= 4 is 6.09 Å². The molecule has 2 unspecified atom stereocenters. The molecular weight excluding hydrogens is 235 g/mol. The Labute approximate surface area is 105 Å². The van der Waals surface area contributed by atoms with Gasteiger partial charge in [-0.25, -0.2) is 9.18 Å². The van der Waals surface area contributed by atoms with Crippen molar-refractivity contribution in [1.29, 1.82) is 0 Å². The first-order valence-electron chi connectivity index (χ1n) is 6.02. The molecule has 2 rings (SSSR count). The van der Waals surface area contributed by atoms with Crippen LogP contribution in [0.2, 0.25) is 0 Å². The molecule has 1 aliphatic heterocycles. The zero-order valence-electron chi connectivity index (χ0n) is 10.3. The average molecular weight is 252 g/mol. The first kappa shape index (κ1) is 12.8. The highest BCUT2D eigenvalue weighted by molar-refractivity contribution is 5.66. The molecule has 0 aromatic heterocycles. The van der Waals surface area contributed by atoms with Crippen molar-refractivity contribution in [3.63, 3.8) is 0 Å². The minimum Gasteiger partial charge on any atom is -0.465 e. The molecule has 1 amide bonds. The molecule has 0 saturated carbocycles. The van der Waals surface area contributed by atoms with Gasteiger partial charge in [-0.1, -0.05) is 6.07 Å². The molecule has 1 aliphatic rings. The summed E-state index contributed by atoms with van der Waals surface area (Å²) in [6.07, 6.45) is 0.578. The monoisotopic (exact) mass is 252 g/mol. The van der Waals surface area contributed by atoms with Crippen molar-refractivity contribution in [3.05, 3.63) is 35.1 Å². The summed E-state index contributed by atoms with van der Waals surface area (Å²) in [6, 6.07) is 3.78. The Morgan fingerprint density at radius 3 is 2.89 bits per heavy atom. The van der Waals surface area contributed by atoms with Gasteiger partial charge in [-0.3, -0.25) is 4.90 Å². The van der Waals surface area contributed by atoms with Gasteiger partial charge in [0.05, 0.1) is 6.04 Å². The number of hydrogen-bond donors (Lipinski definition) is 2. The van der Waals surface area contributed by atoms with Crippen LogP contribution in [0.15, 0.2) is 18.2 Å². The normalized spacial score (nSPS) is 24.1. The molecule has 0 spiro atoms. The fourth-order valence-electron chi connectivity index (χ4n) is 2.61. The third kappa shape index (κ3) is 2.31. The van der Waals surface area contributed by atoms with Crippen LogP contribution in [-0.2, 0) is 0 Å². The van der Waals surface area contributed by atoms with E-state index in [1.807, 2.05) is 0 Å². The lowest BCUT2D eigenvalue weighted by atomic mass is 9.89. The number of rotatable bonds is 1. The molecule has 0 aliphatic carbocycles. The molecule has 5 heteroatoms. The maximum Gasteiger partial charge on any atom is 0.407 e. The molecule has 1 fully saturated rings. The minimum absolute atomic E-state index is 0.237. The number of benzene rings is 1. The maximum absolute atomic E-state index is 13.1. The largest absolute Gasteiger partial charge is 0.465 e. The first-order valence-corrected chi connectivity index (χ1v) is 6.02. The summed E-state index contributed by atoms with van der Waals surface area (Å²) < 4.78 is 13.1. The Morgan fingerprint density at radius 2 is 2.28 bits per heavy atom. The SMILES string of the molecule is Cc1cc(F)ccc1C1C(N)CCCN1C(=O)O. The predicted octanol–water partition coefficient (Wildman–Crippen LogP) is 2.28. The number of amides is 1. The lowest BCUT2D eigenvalue weighted by molar-refractivity contribution is 0.0972. The smallest absolute Gasteiger partial charge is 0.407 e. The number of nitrogens with two attached hydrogens (primary N) is 1. The van der Waals surface area contributed by atoms with Crippen molar-refractivity contribution in [1.82, 2.24) is 4.90 Å². The van der Waals surface area contributed by atoms with Crippen LogP contribution in [-0.4, -0.2) is 28.7 Å². The summed E-state index contributed by atoms with van der Waals surface area (Å²) in [5, 5.41) is 9.23. The number of hydrogen-bond acceptors (Lipinski definition) is 2. The highest BCUT2D eigenvalue weighted by atomic mass is 19.1. The Morgan fingerprint density at radius 1 is 1.56 bits per heavy atom. The average Bonchev–Trinajstić information content (AvgIpc) is 2.29. The van der Waals surface area contributed by atoms with E-state index in [0.717, 1.165) is 24.0 Å². The van der Waals surface area contributed by atoms with Gasteiger partial charge in [-0.2, -0.15) is 0 Å². The number of aryl methyl sites for hydroxylation is 1. The molecule has 1 saturated heterocycles. The molecular formula is C13H17FN2O2. The first-order chi connectivity index (χ1) is 8.50. The van der Waals surface area contributed by atoms with Gasteiger partial charge in [0.25, 0.3) is 0 Å². The number of piperidine rings is 1. The Hall–Kier alpha value is -1.62. The van der Waals surface area contributed by atoms with Crippen LogP contribution in [0.4, 0.5) is 9.18 Å². The van der Waals surface area contributed by atoms with E-state index >= 15 is 0 Å². The van der Waals surface area contributed by atoms with E-state index in [2.05, 4.69) is 0 Å². The fraction of sp³-hybridized carbons (Fsp3) is 0.462. The zero-order valence-corrected chi connectivity index (χ0v) is 10.3. The van der Waals surface area contributed by atoms with Gasteiger partial charge in [0.2, 0.25) is 0 Å². The number of carbonyl (C=O) groups is 1. The molecule has 1 aromatic carbocycles. The van der Waals surface area contributed by atoms with E-state index in [0.29, 0.717) is 6.54 Å². The second kappa shape index (κ2) is 4.94. The van der Waals surface area contributed by atoms with Crippen LogP contribution < -0.4 is 5.73 Å². The van der Waals surface area contributed by atoms with Crippen LogP contribution in [0.25, 0.3) is 0 Å². The summed E-state index contributed by atoms with van der Waals surface area (Å²) in [5.41, 5.74) is 7.58. The number of nitrogens with zero attached hydrogens (tertiary/aromatic N) is 1. The van der Waals surface area contributed by atoms with Gasteiger partial charge >= 0.3 is 6.09 Å². The van der Waals surface area contributed by atoms with Gasteiger partial charge in [0.1, 0.15) is 5.82 Å². The van der Waals surface area contributed by atoms with Crippen molar-refractivity contribution < 1.29 is 14.3 Å². The van der Waals surface area contributed by atoms with Crippen molar-refractivity contribution in [3.8, 4) is 0 Å². The van der Waals surface area contributed by atoms with Gasteiger partial charge in [-0.15, -0.1) is 0 Å². The van der Waals surface area contributed by atoms with Gasteiger partial charge in [0.15, 0.2) is 0 Å². The highest BCUT2D eigenvalue weighted by Gasteiger charge is 2.34. The third-order valence-corrected chi connectivity index (χ3v) is 3.47. The van der Waals surface area contributed by atoms with Crippen molar-refractivity contribution in [2.75, 3.05) is 6.54 Å². The van der Waals surface area contributed by atoms with Crippen molar-refractivity contribution in [2.24, 2.45) is 5.73 Å². The van der Waals surface area contributed by atoms with Crippen LogP contribution in [0, 0.1) is 12.7 Å². The van der Waals surface area contributed by atoms with E-state index in [1.54, 1.807) is 13.0 Å². The molecule has 0 bridgehead atoms. The van der Waals surface area contributed by atoms with Crippen LogP contribution >= 0.6 is 0 Å². The molecule has 0 radical (unpaired) electrons. The molecule has 18 heavy (non-hydrogen) atoms. The third-order valence-electron chi connectivity index (χ3n) is 3.47. The molecule has 4 nitrogen and oxygen atoms in total. The van der Waals surface area contributed by atoms with Gasteiger partial charge < -0.3 is 10.8 Å². The van der Waals surface area contributed by atoms with Gasteiger partial charge in [0, 0.05) is 12.6 Å². The van der Waals surface area contributed by atoms with E-state index < -0.39 is 6.09 Å². The molecule has 98 valence electrons. The maximum atomic E-state index is 13.1. The van der Waals surface area contributed by atoms with E-state index in [1.165, 1.54) is 17.0 Å². The number of likely N-dealkylation sites (tertiary alicyclic amines) is 1. The molecule has 2 atom stereocenters. The number of carboxylic acid groups (broad SMARTS) is 1. The summed E-state index contributed by atoms with van der Waals surface area (Å²) in [4.78, 5) is 12.6. The van der Waals surface area contributed by atoms with Gasteiger partial charge in [-0.05, 0) is 43.0 Å². The summed E-state index contributed by atoms with van der Waals surface area (Å²) in [5.74, 6) is -0.317. The number of halogens is 1. The van der Waals surface area contributed by atoms with Crippen LogP contribution in [0.1, 0.15) is 30.0 Å². The lowest BCUT2D eigenvalue weighted by Gasteiger charge is -2.38. The molecule has 1 heterocycles. The zero-order chi connectivity index (χ0) is 13.3. The van der Waals surface area contributed by atoms with Crippen LogP contribution in [0.5, 0.6) is 0 Å². The Bertz CT molecular complexity index is 464. The Kier molecular flexibility index (Phi) is 3.52. The summed E-state index contributed by atoms with van der Waals surface area (Å²) in [7, 11) is 0. The second-order valence-corrected chi connectivity index (χ2v) is 4.73. The van der Waals surface area contributed by atoms with Crippen molar-refractivity contribution in [2.45, 2.75) is 31.8 Å². The van der Waals surface area contributed by atoms with E-state index in [9.17, 15) is 14.3 Å². The summed E-state index contributed by atoms with van der Waals surface area (Å²) in [6.45, 7) is 2.25. The molecule has 3 N–H and O–H groups in total. The minimum atomic E-state index is -0.973. The van der Waals surface area contributed by atoms with Crippen LogP contribution in [0.3, 0.4) is 0 Å². The lowest BCUT2D eigenvalue weighted by Crippen LogP contribution is -2.48.